The lowest BCUT2D eigenvalue weighted by atomic mass is 9.94. The molecule has 4 rings (SSSR count). The van der Waals surface area contributed by atoms with Crippen LogP contribution in [0.3, 0.4) is 0 Å². The number of aliphatic hydroxyl groups is 1. The van der Waals surface area contributed by atoms with Gasteiger partial charge in [0.05, 0.1) is 17.5 Å². The van der Waals surface area contributed by atoms with Crippen LogP contribution in [-0.4, -0.2) is 45.8 Å². The summed E-state index contributed by atoms with van der Waals surface area (Å²) in [5.41, 5.74) is 5.72. The molecule has 1 aliphatic rings. The number of hydrogen-bond donors (Lipinski definition) is 2. The Morgan fingerprint density at radius 2 is 1.65 bits per heavy atom. The molecule has 2 aromatic carbocycles. The van der Waals surface area contributed by atoms with E-state index in [-0.39, 0.29) is 18.2 Å². The molecule has 3 aromatic rings. The van der Waals surface area contributed by atoms with Gasteiger partial charge in [-0.2, -0.15) is 0 Å². The monoisotopic (exact) mass is 504 g/mol. The van der Waals surface area contributed by atoms with E-state index in [0.717, 1.165) is 59.6 Å². The zero-order valence-electron chi connectivity index (χ0n) is 21.2. The summed E-state index contributed by atoms with van der Waals surface area (Å²) in [7, 11) is 0. The number of carbonyl (C=O) groups is 2. The van der Waals surface area contributed by atoms with E-state index in [1.807, 2.05) is 24.3 Å². The van der Waals surface area contributed by atoms with Crippen LogP contribution in [-0.2, 0) is 9.59 Å². The molecule has 0 bridgehead atoms. The lowest BCUT2D eigenvalue weighted by molar-refractivity contribution is -0.140. The Morgan fingerprint density at radius 3 is 2.24 bits per heavy atom. The van der Waals surface area contributed by atoms with Crippen LogP contribution in [0, 0.1) is 5.82 Å². The van der Waals surface area contributed by atoms with Crippen LogP contribution in [0.5, 0.6) is 0 Å². The second-order valence-corrected chi connectivity index (χ2v) is 9.76. The molecule has 1 atom stereocenters. The molecule has 0 saturated carbocycles. The van der Waals surface area contributed by atoms with Gasteiger partial charge in [0.2, 0.25) is 0 Å². The SMILES string of the molecule is CC(C)c1c(/C=C/C(O)CC(=O)CC(=O)O)c(-c2ccc(F)cc2)c(-c2ccccc2)n1N1CCCC1. The van der Waals surface area contributed by atoms with E-state index in [9.17, 15) is 19.1 Å². The average Bonchev–Trinajstić information content (AvgIpc) is 3.49. The van der Waals surface area contributed by atoms with Gasteiger partial charge in [0, 0.05) is 36.2 Å². The number of hydrogen-bond acceptors (Lipinski definition) is 4. The van der Waals surface area contributed by atoms with E-state index < -0.39 is 24.3 Å². The minimum atomic E-state index is -1.21. The first kappa shape index (κ1) is 26.4. The minimum absolute atomic E-state index is 0.114. The van der Waals surface area contributed by atoms with Crippen LogP contribution in [0.4, 0.5) is 4.39 Å². The van der Waals surface area contributed by atoms with Crippen molar-refractivity contribution in [1.82, 2.24) is 4.68 Å². The molecule has 2 heterocycles. The summed E-state index contributed by atoms with van der Waals surface area (Å²) in [6.07, 6.45) is 3.54. The summed E-state index contributed by atoms with van der Waals surface area (Å²) in [5, 5.41) is 21.8. The van der Waals surface area contributed by atoms with Gasteiger partial charge in [0.25, 0.3) is 0 Å². The number of carboxylic acid groups (broad SMARTS) is 1. The zero-order valence-corrected chi connectivity index (χ0v) is 21.2. The van der Waals surface area contributed by atoms with Gasteiger partial charge in [0.15, 0.2) is 0 Å². The smallest absolute Gasteiger partial charge is 0.310 e. The molecule has 0 spiro atoms. The highest BCUT2D eigenvalue weighted by Gasteiger charge is 2.29. The molecule has 1 fully saturated rings. The fourth-order valence-electron chi connectivity index (χ4n) is 5.04. The van der Waals surface area contributed by atoms with E-state index >= 15 is 0 Å². The number of nitrogens with zero attached hydrogens (tertiary/aromatic N) is 2. The van der Waals surface area contributed by atoms with E-state index in [4.69, 9.17) is 5.11 Å². The van der Waals surface area contributed by atoms with Gasteiger partial charge in [-0.05, 0) is 36.5 Å². The van der Waals surface area contributed by atoms with Crippen LogP contribution in [0.1, 0.15) is 56.7 Å². The molecule has 1 aliphatic heterocycles. The summed E-state index contributed by atoms with van der Waals surface area (Å²) in [6, 6.07) is 16.5. The molecular weight excluding hydrogens is 471 g/mol. The number of ketones is 1. The van der Waals surface area contributed by atoms with Crippen LogP contribution in [0.2, 0.25) is 0 Å². The van der Waals surface area contributed by atoms with Crippen LogP contribution >= 0.6 is 0 Å². The Hall–Kier alpha value is -3.71. The Labute approximate surface area is 216 Å². The average molecular weight is 505 g/mol. The third-order valence-electron chi connectivity index (χ3n) is 6.58. The Balaban J connectivity index is 1.94. The lowest BCUT2D eigenvalue weighted by Crippen LogP contribution is -2.33. The topological polar surface area (TPSA) is 82.8 Å². The second kappa shape index (κ2) is 11.6. The molecule has 7 heteroatoms. The number of aliphatic carboxylic acids is 1. The van der Waals surface area contributed by atoms with Crippen molar-refractivity contribution in [2.75, 3.05) is 18.1 Å². The number of aliphatic hydroxyl groups excluding tert-OH is 1. The van der Waals surface area contributed by atoms with Crippen molar-refractivity contribution in [3.63, 3.8) is 0 Å². The van der Waals surface area contributed by atoms with Crippen molar-refractivity contribution in [3.8, 4) is 22.4 Å². The highest BCUT2D eigenvalue weighted by Crippen LogP contribution is 2.43. The Morgan fingerprint density at radius 1 is 1.00 bits per heavy atom. The maximum Gasteiger partial charge on any atom is 0.310 e. The molecule has 1 aromatic heterocycles. The van der Waals surface area contributed by atoms with E-state index in [1.54, 1.807) is 18.2 Å². The zero-order chi connectivity index (χ0) is 26.5. The second-order valence-electron chi connectivity index (χ2n) is 9.76. The number of halogens is 1. The quantitative estimate of drug-likeness (QED) is 0.350. The lowest BCUT2D eigenvalue weighted by Gasteiger charge is -2.27. The summed E-state index contributed by atoms with van der Waals surface area (Å²) >= 11 is 0. The third-order valence-corrected chi connectivity index (χ3v) is 6.58. The van der Waals surface area contributed by atoms with Crippen molar-refractivity contribution >= 4 is 17.8 Å². The highest BCUT2D eigenvalue weighted by atomic mass is 19.1. The van der Waals surface area contributed by atoms with Crippen molar-refractivity contribution in [2.45, 2.75) is 51.6 Å². The maximum atomic E-state index is 13.9. The maximum absolute atomic E-state index is 13.9. The van der Waals surface area contributed by atoms with Gasteiger partial charge in [-0.15, -0.1) is 0 Å². The van der Waals surface area contributed by atoms with Crippen LogP contribution in [0.25, 0.3) is 28.5 Å². The standard InChI is InChI=1S/C30H33FN2O4/c1-20(2)29-26(15-14-24(34)18-25(35)19-27(36)37)28(21-10-12-23(31)13-11-21)30(22-8-4-3-5-9-22)33(29)32-16-6-7-17-32/h3-5,8-15,20,24,34H,6-7,16-19H2,1-2H3,(H,36,37)/b15-14+. The van der Waals surface area contributed by atoms with Crippen LogP contribution < -0.4 is 5.01 Å². The molecule has 1 saturated heterocycles. The number of carboxylic acids is 1. The number of Topliss-reactive ketones (excluding diaryl/α,β-unsaturated/α-hetero) is 1. The van der Waals surface area contributed by atoms with Gasteiger partial charge in [0.1, 0.15) is 18.0 Å². The van der Waals surface area contributed by atoms with E-state index in [0.29, 0.717) is 0 Å². The van der Waals surface area contributed by atoms with E-state index in [1.165, 1.54) is 12.1 Å². The molecule has 1 unspecified atom stereocenters. The fraction of sp³-hybridized carbons (Fsp3) is 0.333. The summed E-state index contributed by atoms with van der Waals surface area (Å²) in [4.78, 5) is 22.8. The summed E-state index contributed by atoms with van der Waals surface area (Å²) in [5.74, 6) is -1.95. The minimum Gasteiger partial charge on any atom is -0.481 e. The number of rotatable bonds is 10. The predicted octanol–water partition coefficient (Wildman–Crippen LogP) is 5.62. The molecule has 0 amide bonds. The first-order valence-corrected chi connectivity index (χ1v) is 12.7. The third kappa shape index (κ3) is 6.00. The molecular formula is C30H33FN2O4. The molecule has 0 aliphatic carbocycles. The van der Waals surface area contributed by atoms with Crippen molar-refractivity contribution in [1.29, 1.82) is 0 Å². The number of carbonyl (C=O) groups excluding carboxylic acids is 1. The van der Waals surface area contributed by atoms with Gasteiger partial charge in [-0.3, -0.25) is 14.3 Å². The molecule has 194 valence electrons. The Kier molecular flexibility index (Phi) is 8.24. The highest BCUT2D eigenvalue weighted by molar-refractivity contribution is 5.95. The Bertz CT molecular complexity index is 1270. The first-order chi connectivity index (χ1) is 17.8. The summed E-state index contributed by atoms with van der Waals surface area (Å²) in [6.45, 7) is 6.06. The van der Waals surface area contributed by atoms with Crippen molar-refractivity contribution in [2.24, 2.45) is 0 Å². The number of aromatic nitrogens is 1. The fourth-order valence-corrected chi connectivity index (χ4v) is 5.04. The normalized spacial score (nSPS) is 14.6. The van der Waals surface area contributed by atoms with Gasteiger partial charge in [-0.1, -0.05) is 68.5 Å². The van der Waals surface area contributed by atoms with Gasteiger partial charge < -0.3 is 15.2 Å². The van der Waals surface area contributed by atoms with Crippen molar-refractivity contribution < 1.29 is 24.2 Å². The first-order valence-electron chi connectivity index (χ1n) is 12.7. The van der Waals surface area contributed by atoms with Crippen LogP contribution in [0.15, 0.2) is 60.7 Å². The molecule has 0 radical (unpaired) electrons. The molecule has 2 N–H and O–H groups in total. The summed E-state index contributed by atoms with van der Waals surface area (Å²) < 4.78 is 16.2. The largest absolute Gasteiger partial charge is 0.481 e. The van der Waals surface area contributed by atoms with E-state index in [2.05, 4.69) is 35.7 Å². The number of benzene rings is 2. The molecule has 6 nitrogen and oxygen atoms in total. The van der Waals surface area contributed by atoms with Gasteiger partial charge in [-0.25, -0.2) is 4.39 Å². The molecule has 37 heavy (non-hydrogen) atoms. The predicted molar refractivity (Wildman–Crippen MR) is 143 cm³/mol. The van der Waals surface area contributed by atoms with Gasteiger partial charge >= 0.3 is 5.97 Å². The van der Waals surface area contributed by atoms with Crippen molar-refractivity contribution in [3.05, 3.63) is 77.7 Å².